The van der Waals surface area contributed by atoms with Crippen molar-refractivity contribution in [2.24, 2.45) is 0 Å². The van der Waals surface area contributed by atoms with Crippen molar-refractivity contribution in [2.75, 3.05) is 16.0 Å². The molecule has 7 nitrogen and oxygen atoms in total. The molecule has 7 heteroatoms. The lowest BCUT2D eigenvalue weighted by Gasteiger charge is -2.15. The van der Waals surface area contributed by atoms with Crippen LogP contribution in [0, 0.1) is 0 Å². The van der Waals surface area contributed by atoms with Gasteiger partial charge in [0.1, 0.15) is 0 Å². The topological polar surface area (TPSA) is 96.0 Å². The van der Waals surface area contributed by atoms with Crippen molar-refractivity contribution >= 4 is 29.1 Å². The molecule has 1 aromatic heterocycles. The van der Waals surface area contributed by atoms with Crippen molar-refractivity contribution < 1.29 is 9.59 Å². The highest BCUT2D eigenvalue weighted by molar-refractivity contribution is 6.04. The van der Waals surface area contributed by atoms with Crippen LogP contribution in [0.5, 0.6) is 0 Å². The van der Waals surface area contributed by atoms with Gasteiger partial charge in [-0.25, -0.2) is 9.97 Å². The van der Waals surface area contributed by atoms with E-state index < -0.39 is 0 Å². The van der Waals surface area contributed by atoms with Crippen LogP contribution < -0.4 is 16.0 Å². The molecule has 1 aromatic carbocycles. The van der Waals surface area contributed by atoms with Crippen LogP contribution in [0.15, 0.2) is 36.7 Å². The lowest BCUT2D eigenvalue weighted by Crippen LogP contribution is -2.20. The second-order valence-electron chi connectivity index (χ2n) is 6.84. The quantitative estimate of drug-likeness (QED) is 0.698. The normalized spacial score (nSPS) is 14.9. The zero-order valence-corrected chi connectivity index (χ0v) is 15.5. The van der Waals surface area contributed by atoms with E-state index in [-0.39, 0.29) is 11.8 Å². The highest BCUT2D eigenvalue weighted by Crippen LogP contribution is 2.20. The molecule has 0 aliphatic heterocycles. The van der Waals surface area contributed by atoms with Gasteiger partial charge in [0.05, 0.1) is 5.56 Å². The second kappa shape index (κ2) is 9.12. The van der Waals surface area contributed by atoms with E-state index in [0.29, 0.717) is 28.9 Å². The Hall–Kier alpha value is -2.96. The zero-order chi connectivity index (χ0) is 19.1. The van der Waals surface area contributed by atoms with Gasteiger partial charge < -0.3 is 16.0 Å². The minimum Gasteiger partial charge on any atom is -0.351 e. The number of aromatic nitrogens is 2. The van der Waals surface area contributed by atoms with Gasteiger partial charge in [-0.3, -0.25) is 9.59 Å². The molecule has 27 heavy (non-hydrogen) atoms. The van der Waals surface area contributed by atoms with Crippen molar-refractivity contribution in [2.45, 2.75) is 51.5 Å². The van der Waals surface area contributed by atoms with Crippen LogP contribution in [0.1, 0.15) is 55.8 Å². The molecular weight excluding hydrogens is 342 g/mol. The predicted octanol–water partition coefficient (Wildman–Crippen LogP) is 3.82. The van der Waals surface area contributed by atoms with Gasteiger partial charge >= 0.3 is 0 Å². The van der Waals surface area contributed by atoms with Crippen LogP contribution >= 0.6 is 0 Å². The van der Waals surface area contributed by atoms with Crippen molar-refractivity contribution in [1.82, 2.24) is 9.97 Å². The van der Waals surface area contributed by atoms with Crippen molar-refractivity contribution in [1.29, 1.82) is 0 Å². The third-order valence-corrected chi connectivity index (χ3v) is 4.57. The van der Waals surface area contributed by atoms with Crippen LogP contribution in [-0.4, -0.2) is 27.8 Å². The molecule has 0 spiro atoms. The maximum absolute atomic E-state index is 12.3. The summed E-state index contributed by atoms with van der Waals surface area (Å²) in [5, 5.41) is 8.85. The van der Waals surface area contributed by atoms with Gasteiger partial charge in [0.15, 0.2) is 0 Å². The Balaban J connectivity index is 1.56. The summed E-state index contributed by atoms with van der Waals surface area (Å²) in [4.78, 5) is 31.9. The first-order chi connectivity index (χ1) is 13.1. The van der Waals surface area contributed by atoms with E-state index in [9.17, 15) is 9.59 Å². The molecular formula is C20H25N5O2. The number of carbonyl (C=O) groups is 2. The summed E-state index contributed by atoms with van der Waals surface area (Å²) in [5.74, 6) is 0.155. The average molecular weight is 367 g/mol. The molecule has 1 saturated carbocycles. The van der Waals surface area contributed by atoms with Crippen LogP contribution in [0.25, 0.3) is 0 Å². The van der Waals surface area contributed by atoms with Gasteiger partial charge in [0.25, 0.3) is 5.91 Å². The first-order valence-electron chi connectivity index (χ1n) is 9.38. The molecule has 142 valence electrons. The largest absolute Gasteiger partial charge is 0.351 e. The highest BCUT2D eigenvalue weighted by atomic mass is 16.2. The van der Waals surface area contributed by atoms with Gasteiger partial charge in [-0.1, -0.05) is 25.7 Å². The Morgan fingerprint density at radius 3 is 2.00 bits per heavy atom. The molecule has 3 rings (SSSR count). The van der Waals surface area contributed by atoms with E-state index in [1.165, 1.54) is 45.0 Å². The summed E-state index contributed by atoms with van der Waals surface area (Å²) in [5.41, 5.74) is 1.71. The molecule has 1 aliphatic rings. The molecule has 1 heterocycles. The smallest absolute Gasteiger partial charge is 0.258 e. The van der Waals surface area contributed by atoms with Crippen molar-refractivity contribution in [3.63, 3.8) is 0 Å². The Labute approximate surface area is 159 Å². The standard InChI is InChI=1S/C20H25N5O2/c1-14(26)23-17-8-10-18(11-9-17)24-19(27)15-12-21-20(22-13-15)25-16-6-4-2-3-5-7-16/h8-13,16H,2-7H2,1H3,(H,23,26)(H,24,27)(H,21,22,25). The second-order valence-corrected chi connectivity index (χ2v) is 6.84. The van der Waals surface area contributed by atoms with E-state index in [4.69, 9.17) is 0 Å². The Morgan fingerprint density at radius 2 is 1.44 bits per heavy atom. The van der Waals surface area contributed by atoms with E-state index in [1.54, 1.807) is 24.3 Å². The molecule has 0 unspecified atom stereocenters. The summed E-state index contributed by atoms with van der Waals surface area (Å²) < 4.78 is 0. The first kappa shape index (κ1) is 18.8. The number of benzene rings is 1. The molecule has 1 aliphatic carbocycles. The first-order valence-corrected chi connectivity index (χ1v) is 9.38. The van der Waals surface area contributed by atoms with E-state index in [2.05, 4.69) is 25.9 Å². The molecule has 1 fully saturated rings. The third kappa shape index (κ3) is 5.77. The number of rotatable bonds is 5. The fourth-order valence-corrected chi connectivity index (χ4v) is 3.17. The molecule has 3 N–H and O–H groups in total. The number of hydrogen-bond acceptors (Lipinski definition) is 5. The zero-order valence-electron chi connectivity index (χ0n) is 15.5. The summed E-state index contributed by atoms with van der Waals surface area (Å²) in [7, 11) is 0. The maximum Gasteiger partial charge on any atom is 0.258 e. The summed E-state index contributed by atoms with van der Waals surface area (Å²) in [6, 6.07) is 7.33. The lowest BCUT2D eigenvalue weighted by molar-refractivity contribution is -0.114. The van der Waals surface area contributed by atoms with Crippen LogP contribution in [0.2, 0.25) is 0 Å². The van der Waals surface area contributed by atoms with Gasteiger partial charge in [-0.15, -0.1) is 0 Å². The molecule has 0 atom stereocenters. The van der Waals surface area contributed by atoms with Crippen LogP contribution in [0.3, 0.4) is 0 Å². The average Bonchev–Trinajstić information content (AvgIpc) is 2.92. The minimum absolute atomic E-state index is 0.138. The summed E-state index contributed by atoms with van der Waals surface area (Å²) in [6.45, 7) is 1.45. The number of anilines is 3. The fourth-order valence-electron chi connectivity index (χ4n) is 3.17. The van der Waals surface area contributed by atoms with Gasteiger partial charge in [0.2, 0.25) is 11.9 Å². The van der Waals surface area contributed by atoms with Crippen molar-refractivity contribution in [3.05, 3.63) is 42.2 Å². The number of hydrogen-bond donors (Lipinski definition) is 3. The maximum atomic E-state index is 12.3. The lowest BCUT2D eigenvalue weighted by atomic mass is 10.1. The molecule has 2 amide bonds. The third-order valence-electron chi connectivity index (χ3n) is 4.57. The van der Waals surface area contributed by atoms with E-state index in [1.807, 2.05) is 0 Å². The Morgan fingerprint density at radius 1 is 0.889 bits per heavy atom. The Bertz CT molecular complexity index is 766. The van der Waals surface area contributed by atoms with E-state index >= 15 is 0 Å². The number of nitrogens with one attached hydrogen (secondary N) is 3. The van der Waals surface area contributed by atoms with Crippen LogP contribution in [-0.2, 0) is 4.79 Å². The summed E-state index contributed by atoms with van der Waals surface area (Å²) in [6.07, 6.45) is 10.4. The van der Waals surface area contributed by atoms with Gasteiger partial charge in [-0.05, 0) is 37.1 Å². The SMILES string of the molecule is CC(=O)Nc1ccc(NC(=O)c2cnc(NC3CCCCCC3)nc2)cc1. The highest BCUT2D eigenvalue weighted by Gasteiger charge is 2.14. The fraction of sp³-hybridized carbons (Fsp3) is 0.400. The predicted molar refractivity (Wildman–Crippen MR) is 106 cm³/mol. The minimum atomic E-state index is -0.275. The van der Waals surface area contributed by atoms with Gasteiger partial charge in [0, 0.05) is 36.7 Å². The molecule has 0 radical (unpaired) electrons. The van der Waals surface area contributed by atoms with Gasteiger partial charge in [-0.2, -0.15) is 0 Å². The summed E-state index contributed by atoms with van der Waals surface area (Å²) >= 11 is 0. The Kier molecular flexibility index (Phi) is 6.35. The monoisotopic (exact) mass is 367 g/mol. The molecule has 0 saturated heterocycles. The molecule has 2 aromatic rings. The number of carbonyl (C=O) groups excluding carboxylic acids is 2. The molecule has 0 bridgehead atoms. The van der Waals surface area contributed by atoms with E-state index in [0.717, 1.165) is 12.8 Å². The number of nitrogens with zero attached hydrogens (tertiary/aromatic N) is 2. The van der Waals surface area contributed by atoms with Crippen molar-refractivity contribution in [3.8, 4) is 0 Å². The number of amides is 2. The van der Waals surface area contributed by atoms with Crippen LogP contribution in [0.4, 0.5) is 17.3 Å².